The lowest BCUT2D eigenvalue weighted by molar-refractivity contribution is -0.0451. The molecule has 0 saturated carbocycles. The van der Waals surface area contributed by atoms with E-state index in [1.54, 1.807) is 18.6 Å². The maximum atomic E-state index is 11.8. The Morgan fingerprint density at radius 3 is 1.85 bits per heavy atom. The van der Waals surface area contributed by atoms with Crippen LogP contribution in [0.25, 0.3) is 0 Å². The van der Waals surface area contributed by atoms with Crippen LogP contribution in [0.3, 0.4) is 0 Å². The van der Waals surface area contributed by atoms with E-state index in [-0.39, 0.29) is 0 Å². The Kier molecular flexibility index (Phi) is 4.18. The molecule has 0 aromatic rings. The molecule has 0 amide bonds. The van der Waals surface area contributed by atoms with Gasteiger partial charge in [0.2, 0.25) is 0 Å². The second-order valence-corrected chi connectivity index (χ2v) is 4.29. The highest BCUT2D eigenvalue weighted by Crippen LogP contribution is 2.22. The molecule has 3 nitrogen and oxygen atoms in total. The summed E-state index contributed by atoms with van der Waals surface area (Å²) >= 11 is 0. The first-order chi connectivity index (χ1) is 5.74. The standard InChI is InChI=1S/C6H12F3NO2S/c1-3-5(4-2)10-13(11,12)6(7,8)9/h5,10H,3-4H2,1-2H3. The number of sulfonamides is 1. The zero-order valence-corrected chi connectivity index (χ0v) is 8.17. The quantitative estimate of drug-likeness (QED) is 0.780. The lowest BCUT2D eigenvalue weighted by Gasteiger charge is -2.16. The average Bonchev–Trinajstić information content (AvgIpc) is 1.98. The Hall–Kier alpha value is -0.300. The minimum Gasteiger partial charge on any atom is -0.204 e. The van der Waals surface area contributed by atoms with Crippen molar-refractivity contribution in [1.82, 2.24) is 4.72 Å². The molecule has 0 aliphatic carbocycles. The van der Waals surface area contributed by atoms with Gasteiger partial charge in [-0.1, -0.05) is 13.8 Å². The second-order valence-electron chi connectivity index (χ2n) is 2.58. The van der Waals surface area contributed by atoms with Crippen LogP contribution >= 0.6 is 0 Å². The predicted octanol–water partition coefficient (Wildman–Crippen LogP) is 1.61. The van der Waals surface area contributed by atoms with E-state index in [4.69, 9.17) is 0 Å². The van der Waals surface area contributed by atoms with Gasteiger partial charge in [0.05, 0.1) is 0 Å². The summed E-state index contributed by atoms with van der Waals surface area (Å²) < 4.78 is 58.1. The van der Waals surface area contributed by atoms with Crippen LogP contribution in [0.4, 0.5) is 13.2 Å². The van der Waals surface area contributed by atoms with Gasteiger partial charge in [-0.05, 0) is 12.8 Å². The fourth-order valence-electron chi connectivity index (χ4n) is 0.742. The molecule has 0 aliphatic heterocycles. The summed E-state index contributed by atoms with van der Waals surface area (Å²) in [6.07, 6.45) is 0.678. The van der Waals surface area contributed by atoms with Crippen molar-refractivity contribution in [3.05, 3.63) is 0 Å². The van der Waals surface area contributed by atoms with Crippen LogP contribution in [-0.2, 0) is 10.0 Å². The van der Waals surface area contributed by atoms with E-state index in [9.17, 15) is 21.6 Å². The van der Waals surface area contributed by atoms with E-state index >= 15 is 0 Å². The average molecular weight is 219 g/mol. The van der Waals surface area contributed by atoms with E-state index in [0.717, 1.165) is 0 Å². The number of rotatable bonds is 4. The van der Waals surface area contributed by atoms with Gasteiger partial charge in [0.15, 0.2) is 0 Å². The van der Waals surface area contributed by atoms with Crippen molar-refractivity contribution >= 4 is 10.0 Å². The third kappa shape index (κ3) is 3.51. The van der Waals surface area contributed by atoms with Crippen LogP contribution in [0.15, 0.2) is 0 Å². The van der Waals surface area contributed by atoms with Gasteiger partial charge < -0.3 is 0 Å². The topological polar surface area (TPSA) is 46.2 Å². The molecule has 0 aromatic carbocycles. The van der Waals surface area contributed by atoms with Gasteiger partial charge in [0, 0.05) is 6.04 Å². The Bertz CT molecular complexity index is 243. The van der Waals surface area contributed by atoms with Crippen molar-refractivity contribution in [3.63, 3.8) is 0 Å². The summed E-state index contributed by atoms with van der Waals surface area (Å²) in [5.41, 5.74) is -5.21. The maximum absolute atomic E-state index is 11.8. The fourth-order valence-corrected chi connectivity index (χ4v) is 1.65. The molecule has 0 heterocycles. The van der Waals surface area contributed by atoms with E-state index < -0.39 is 21.6 Å². The minimum atomic E-state index is -5.21. The zero-order chi connectivity index (χ0) is 10.7. The van der Waals surface area contributed by atoms with E-state index in [1.807, 2.05) is 0 Å². The van der Waals surface area contributed by atoms with Crippen molar-refractivity contribution in [1.29, 1.82) is 0 Å². The van der Waals surface area contributed by atoms with Gasteiger partial charge >= 0.3 is 15.5 Å². The van der Waals surface area contributed by atoms with E-state index in [1.165, 1.54) is 0 Å². The van der Waals surface area contributed by atoms with Gasteiger partial charge in [0.25, 0.3) is 0 Å². The molecule has 0 atom stereocenters. The molecular weight excluding hydrogens is 207 g/mol. The molecule has 13 heavy (non-hydrogen) atoms. The normalized spacial score (nSPS) is 13.7. The monoisotopic (exact) mass is 219 g/mol. The Labute approximate surface area is 75.4 Å². The van der Waals surface area contributed by atoms with Gasteiger partial charge in [-0.3, -0.25) is 0 Å². The minimum absolute atomic E-state index is 0.339. The molecule has 0 bridgehead atoms. The number of hydrogen-bond donors (Lipinski definition) is 1. The number of hydrogen-bond acceptors (Lipinski definition) is 2. The third-order valence-electron chi connectivity index (χ3n) is 1.61. The zero-order valence-electron chi connectivity index (χ0n) is 7.35. The highest BCUT2D eigenvalue weighted by Gasteiger charge is 2.46. The smallest absolute Gasteiger partial charge is 0.204 e. The van der Waals surface area contributed by atoms with Crippen LogP contribution in [-0.4, -0.2) is 20.0 Å². The highest BCUT2D eigenvalue weighted by atomic mass is 32.2. The van der Waals surface area contributed by atoms with E-state index in [2.05, 4.69) is 0 Å². The Morgan fingerprint density at radius 1 is 1.23 bits per heavy atom. The van der Waals surface area contributed by atoms with Crippen LogP contribution in [0.5, 0.6) is 0 Å². The molecule has 0 spiro atoms. The highest BCUT2D eigenvalue weighted by molar-refractivity contribution is 7.90. The lowest BCUT2D eigenvalue weighted by Crippen LogP contribution is -2.42. The van der Waals surface area contributed by atoms with Crippen molar-refractivity contribution in [2.75, 3.05) is 0 Å². The molecule has 0 unspecified atom stereocenters. The SMILES string of the molecule is CCC(CC)NS(=O)(=O)C(F)(F)F. The number of halogens is 3. The maximum Gasteiger partial charge on any atom is 0.511 e. The summed E-state index contributed by atoms with van der Waals surface area (Å²) in [6, 6.07) is -0.647. The molecule has 80 valence electrons. The van der Waals surface area contributed by atoms with Crippen molar-refractivity contribution < 1.29 is 21.6 Å². The molecule has 0 aliphatic rings. The van der Waals surface area contributed by atoms with Crippen molar-refractivity contribution in [2.24, 2.45) is 0 Å². The number of nitrogens with one attached hydrogen (secondary N) is 1. The molecular formula is C6H12F3NO2S. The first-order valence-corrected chi connectivity index (χ1v) is 5.31. The lowest BCUT2D eigenvalue weighted by atomic mass is 10.2. The van der Waals surface area contributed by atoms with Crippen LogP contribution in [0.1, 0.15) is 26.7 Å². The first kappa shape index (κ1) is 12.7. The summed E-state index contributed by atoms with van der Waals surface area (Å²) in [6.45, 7) is 3.24. The third-order valence-corrected chi connectivity index (χ3v) is 2.87. The summed E-state index contributed by atoms with van der Waals surface area (Å²) in [7, 11) is -5.17. The van der Waals surface area contributed by atoms with Crippen LogP contribution in [0, 0.1) is 0 Å². The molecule has 7 heteroatoms. The summed E-state index contributed by atoms with van der Waals surface area (Å²) in [4.78, 5) is 0. The largest absolute Gasteiger partial charge is 0.511 e. The summed E-state index contributed by atoms with van der Waals surface area (Å²) in [5.74, 6) is 0. The first-order valence-electron chi connectivity index (χ1n) is 3.83. The Balaban J connectivity index is 4.52. The second kappa shape index (κ2) is 4.28. The fraction of sp³-hybridized carbons (Fsp3) is 1.00. The molecule has 1 N–H and O–H groups in total. The van der Waals surface area contributed by atoms with Gasteiger partial charge in [0.1, 0.15) is 0 Å². The van der Waals surface area contributed by atoms with E-state index in [0.29, 0.717) is 12.8 Å². The predicted molar refractivity (Wildman–Crippen MR) is 42.5 cm³/mol. The molecule has 0 radical (unpaired) electrons. The van der Waals surface area contributed by atoms with Crippen molar-refractivity contribution in [3.8, 4) is 0 Å². The number of alkyl halides is 3. The van der Waals surface area contributed by atoms with Gasteiger partial charge in [-0.2, -0.15) is 13.2 Å². The van der Waals surface area contributed by atoms with Crippen LogP contribution in [0.2, 0.25) is 0 Å². The molecule has 0 rings (SSSR count). The van der Waals surface area contributed by atoms with Gasteiger partial charge in [-0.15, -0.1) is 0 Å². The van der Waals surface area contributed by atoms with Crippen molar-refractivity contribution in [2.45, 2.75) is 38.2 Å². The van der Waals surface area contributed by atoms with Gasteiger partial charge in [-0.25, -0.2) is 13.1 Å². The molecule has 0 fully saturated rings. The molecule has 0 saturated heterocycles. The Morgan fingerprint density at radius 2 is 1.62 bits per heavy atom. The molecule has 0 aromatic heterocycles. The summed E-state index contributed by atoms with van der Waals surface area (Å²) in [5, 5.41) is 0. The van der Waals surface area contributed by atoms with Crippen LogP contribution < -0.4 is 4.72 Å².